The molecule has 2 aliphatic carbocycles. The van der Waals surface area contributed by atoms with Crippen LogP contribution in [-0.4, -0.2) is 11.2 Å². The van der Waals surface area contributed by atoms with Crippen molar-refractivity contribution in [2.45, 2.75) is 85.7 Å². The monoisotopic (exact) mass is 266 g/mol. The van der Waals surface area contributed by atoms with Crippen molar-refractivity contribution in [3.05, 3.63) is 0 Å². The molecule has 2 saturated carbocycles. The number of hydrogen-bond donors (Lipinski definition) is 1. The highest BCUT2D eigenvalue weighted by molar-refractivity contribution is 5.02. The molecule has 1 heteroatoms. The van der Waals surface area contributed by atoms with E-state index >= 15 is 0 Å². The van der Waals surface area contributed by atoms with Crippen molar-refractivity contribution in [3.63, 3.8) is 0 Å². The van der Waals surface area contributed by atoms with Crippen LogP contribution in [0.15, 0.2) is 0 Å². The molecule has 0 radical (unpaired) electrons. The first-order chi connectivity index (χ1) is 8.77. The highest BCUT2D eigenvalue weighted by Crippen LogP contribution is 2.61. The summed E-state index contributed by atoms with van der Waals surface area (Å²) in [4.78, 5) is 0. The van der Waals surface area contributed by atoms with Gasteiger partial charge in [0.2, 0.25) is 0 Å². The Labute approximate surface area is 120 Å². The second-order valence-electron chi connectivity index (χ2n) is 8.49. The van der Waals surface area contributed by atoms with Crippen molar-refractivity contribution >= 4 is 0 Å². The standard InChI is InChI=1S/C18H34O/c1-13-7-10-16-17(3,4)11-6-12-18(16,5)15(13)9-8-14(2)19/h13-16,19H,6-12H2,1-5H3/t13?,14-,15+,16+,18-/m1/s1. The Hall–Kier alpha value is -0.0400. The van der Waals surface area contributed by atoms with E-state index in [-0.39, 0.29) is 6.10 Å². The Morgan fingerprint density at radius 2 is 1.84 bits per heavy atom. The molecule has 0 aromatic rings. The molecule has 19 heavy (non-hydrogen) atoms. The molecule has 0 amide bonds. The molecule has 5 atom stereocenters. The number of aliphatic hydroxyl groups excluding tert-OH is 1. The Balaban J connectivity index is 2.20. The minimum absolute atomic E-state index is 0.132. The highest BCUT2D eigenvalue weighted by atomic mass is 16.3. The summed E-state index contributed by atoms with van der Waals surface area (Å²) < 4.78 is 0. The van der Waals surface area contributed by atoms with Gasteiger partial charge < -0.3 is 5.11 Å². The maximum Gasteiger partial charge on any atom is 0.0512 e. The average molecular weight is 266 g/mol. The lowest BCUT2D eigenvalue weighted by molar-refractivity contribution is -0.0982. The molecule has 1 unspecified atom stereocenters. The molecule has 112 valence electrons. The molecule has 0 spiro atoms. The highest BCUT2D eigenvalue weighted by Gasteiger charge is 2.53. The van der Waals surface area contributed by atoms with Crippen molar-refractivity contribution in [1.82, 2.24) is 0 Å². The van der Waals surface area contributed by atoms with Crippen molar-refractivity contribution in [3.8, 4) is 0 Å². The summed E-state index contributed by atoms with van der Waals surface area (Å²) in [6, 6.07) is 0. The van der Waals surface area contributed by atoms with Crippen molar-refractivity contribution in [2.24, 2.45) is 28.6 Å². The lowest BCUT2D eigenvalue weighted by Crippen LogP contribution is -2.51. The molecule has 2 rings (SSSR count). The third-order valence-electron chi connectivity index (χ3n) is 6.62. The van der Waals surface area contributed by atoms with Crippen molar-refractivity contribution in [2.75, 3.05) is 0 Å². The molecule has 0 aliphatic heterocycles. The molecule has 1 nitrogen and oxygen atoms in total. The summed E-state index contributed by atoms with van der Waals surface area (Å²) >= 11 is 0. The average Bonchev–Trinajstić information content (AvgIpc) is 2.26. The van der Waals surface area contributed by atoms with Crippen LogP contribution in [0.2, 0.25) is 0 Å². The van der Waals surface area contributed by atoms with E-state index in [0.29, 0.717) is 10.8 Å². The molecule has 0 bridgehead atoms. The third-order valence-corrected chi connectivity index (χ3v) is 6.62. The topological polar surface area (TPSA) is 20.2 Å². The van der Waals surface area contributed by atoms with Crippen LogP contribution in [0.25, 0.3) is 0 Å². The fraction of sp³-hybridized carbons (Fsp3) is 1.00. The van der Waals surface area contributed by atoms with E-state index in [4.69, 9.17) is 0 Å². The number of aliphatic hydroxyl groups is 1. The predicted molar refractivity (Wildman–Crippen MR) is 82.0 cm³/mol. The SMILES string of the molecule is CC1CC[C@H]2C(C)(C)CCC[C@]2(C)[C@H]1CC[C@@H](C)O. The Bertz CT molecular complexity index is 307. The summed E-state index contributed by atoms with van der Waals surface area (Å²) in [5, 5.41) is 9.65. The first-order valence-electron chi connectivity index (χ1n) is 8.45. The minimum Gasteiger partial charge on any atom is -0.393 e. The van der Waals surface area contributed by atoms with Crippen LogP contribution in [0.1, 0.15) is 79.6 Å². The van der Waals surface area contributed by atoms with Crippen LogP contribution in [0.5, 0.6) is 0 Å². The molecule has 2 aliphatic rings. The van der Waals surface area contributed by atoms with Crippen LogP contribution in [0, 0.1) is 28.6 Å². The maximum atomic E-state index is 9.65. The normalized spacial score (nSPS) is 43.6. The molecule has 0 saturated heterocycles. The quantitative estimate of drug-likeness (QED) is 0.760. The van der Waals surface area contributed by atoms with Crippen molar-refractivity contribution in [1.29, 1.82) is 0 Å². The van der Waals surface area contributed by atoms with E-state index in [0.717, 1.165) is 24.2 Å². The van der Waals surface area contributed by atoms with Gasteiger partial charge in [0.05, 0.1) is 6.10 Å². The smallest absolute Gasteiger partial charge is 0.0512 e. The van der Waals surface area contributed by atoms with Crippen LogP contribution < -0.4 is 0 Å². The van der Waals surface area contributed by atoms with Gasteiger partial charge in [-0.2, -0.15) is 0 Å². The van der Waals surface area contributed by atoms with Gasteiger partial charge in [0.15, 0.2) is 0 Å². The van der Waals surface area contributed by atoms with Gasteiger partial charge in [0.1, 0.15) is 0 Å². The number of rotatable bonds is 3. The zero-order valence-corrected chi connectivity index (χ0v) is 13.7. The minimum atomic E-state index is -0.132. The van der Waals surface area contributed by atoms with Gasteiger partial charge in [-0.1, -0.05) is 40.5 Å². The summed E-state index contributed by atoms with van der Waals surface area (Å²) in [7, 11) is 0. The second kappa shape index (κ2) is 5.39. The molecule has 0 aromatic heterocycles. The zero-order valence-electron chi connectivity index (χ0n) is 13.7. The zero-order chi connectivity index (χ0) is 14.3. The summed E-state index contributed by atoms with van der Waals surface area (Å²) in [5.74, 6) is 2.55. The van der Waals surface area contributed by atoms with Gasteiger partial charge >= 0.3 is 0 Å². The molecule has 2 fully saturated rings. The maximum absolute atomic E-state index is 9.65. The largest absolute Gasteiger partial charge is 0.393 e. The van der Waals surface area contributed by atoms with Gasteiger partial charge in [-0.05, 0) is 67.6 Å². The van der Waals surface area contributed by atoms with E-state index in [1.54, 1.807) is 0 Å². The number of fused-ring (bicyclic) bond motifs is 1. The lowest BCUT2D eigenvalue weighted by atomic mass is 9.46. The second-order valence-corrected chi connectivity index (χ2v) is 8.49. The Morgan fingerprint density at radius 3 is 2.47 bits per heavy atom. The fourth-order valence-electron chi connectivity index (χ4n) is 5.65. The Kier molecular flexibility index (Phi) is 4.35. The van der Waals surface area contributed by atoms with E-state index in [1.807, 2.05) is 6.92 Å². The molecular formula is C18H34O. The van der Waals surface area contributed by atoms with Crippen LogP contribution in [-0.2, 0) is 0 Å². The van der Waals surface area contributed by atoms with Gasteiger partial charge in [0, 0.05) is 0 Å². The van der Waals surface area contributed by atoms with Gasteiger partial charge in [-0.3, -0.25) is 0 Å². The first-order valence-corrected chi connectivity index (χ1v) is 8.45. The Morgan fingerprint density at radius 1 is 1.16 bits per heavy atom. The van der Waals surface area contributed by atoms with Crippen molar-refractivity contribution < 1.29 is 5.11 Å². The number of hydrogen-bond acceptors (Lipinski definition) is 1. The lowest BCUT2D eigenvalue weighted by Gasteiger charge is -2.59. The summed E-state index contributed by atoms with van der Waals surface area (Å²) in [6.07, 6.45) is 9.12. The summed E-state index contributed by atoms with van der Waals surface area (Å²) in [6.45, 7) is 12.0. The molecule has 0 aromatic carbocycles. The fourth-order valence-corrected chi connectivity index (χ4v) is 5.65. The van der Waals surface area contributed by atoms with Gasteiger partial charge in [0.25, 0.3) is 0 Å². The van der Waals surface area contributed by atoms with Crippen LogP contribution in [0.4, 0.5) is 0 Å². The predicted octanol–water partition coefficient (Wildman–Crippen LogP) is 5.03. The van der Waals surface area contributed by atoms with E-state index < -0.39 is 0 Å². The molecule has 1 N–H and O–H groups in total. The first kappa shape index (κ1) is 15.4. The summed E-state index contributed by atoms with van der Waals surface area (Å²) in [5.41, 5.74) is 1.05. The van der Waals surface area contributed by atoms with E-state index in [1.165, 1.54) is 38.5 Å². The molecular weight excluding hydrogens is 232 g/mol. The van der Waals surface area contributed by atoms with E-state index in [9.17, 15) is 5.11 Å². The van der Waals surface area contributed by atoms with Gasteiger partial charge in [-0.25, -0.2) is 0 Å². The van der Waals surface area contributed by atoms with Gasteiger partial charge in [-0.15, -0.1) is 0 Å². The van der Waals surface area contributed by atoms with Crippen LogP contribution >= 0.6 is 0 Å². The van der Waals surface area contributed by atoms with E-state index in [2.05, 4.69) is 27.7 Å². The third kappa shape index (κ3) is 2.86. The van der Waals surface area contributed by atoms with Crippen LogP contribution in [0.3, 0.4) is 0 Å². The molecule has 0 heterocycles.